The van der Waals surface area contributed by atoms with Crippen molar-refractivity contribution >= 4 is 27.1 Å². The standard InChI is InChI=1S/C22H23N5O4S/c1-15-3-4-17(24-21(28)16-5-7-23-8-6-16)13-18(15)19-14-20(27-9-11-31-12-10-27)22(26-25-19)32(2,29)30/h3-8,13-14H,9-12H2,1-2H3,(H,24,28). The Morgan fingerprint density at radius 2 is 1.78 bits per heavy atom. The Bertz CT molecular complexity index is 1240. The normalized spacial score (nSPS) is 14.2. The van der Waals surface area contributed by atoms with Gasteiger partial charge in [0.15, 0.2) is 9.84 Å². The average molecular weight is 454 g/mol. The summed E-state index contributed by atoms with van der Waals surface area (Å²) >= 11 is 0. The molecule has 4 rings (SSSR count). The topological polar surface area (TPSA) is 114 Å². The van der Waals surface area contributed by atoms with Gasteiger partial charge in [0.25, 0.3) is 5.91 Å². The smallest absolute Gasteiger partial charge is 0.255 e. The van der Waals surface area contributed by atoms with E-state index in [0.29, 0.717) is 48.9 Å². The van der Waals surface area contributed by atoms with E-state index in [2.05, 4.69) is 20.5 Å². The van der Waals surface area contributed by atoms with E-state index in [0.717, 1.165) is 17.4 Å². The van der Waals surface area contributed by atoms with Gasteiger partial charge in [-0.15, -0.1) is 10.2 Å². The molecule has 0 saturated carbocycles. The highest BCUT2D eigenvalue weighted by molar-refractivity contribution is 7.90. The van der Waals surface area contributed by atoms with E-state index in [4.69, 9.17) is 4.74 Å². The summed E-state index contributed by atoms with van der Waals surface area (Å²) in [6.07, 6.45) is 4.24. The van der Waals surface area contributed by atoms with E-state index in [1.54, 1.807) is 36.7 Å². The maximum atomic E-state index is 12.5. The lowest BCUT2D eigenvalue weighted by Gasteiger charge is -2.29. The number of morpholine rings is 1. The van der Waals surface area contributed by atoms with Crippen LogP contribution in [0.3, 0.4) is 0 Å². The molecule has 1 aliphatic heterocycles. The first-order valence-electron chi connectivity index (χ1n) is 10.1. The third-order valence-corrected chi connectivity index (χ3v) is 6.15. The number of anilines is 2. The number of amides is 1. The summed E-state index contributed by atoms with van der Waals surface area (Å²) < 4.78 is 30.0. The summed E-state index contributed by atoms with van der Waals surface area (Å²) in [6.45, 7) is 4.07. The van der Waals surface area contributed by atoms with E-state index >= 15 is 0 Å². The molecule has 0 spiro atoms. The lowest BCUT2D eigenvalue weighted by molar-refractivity contribution is 0.102. The van der Waals surface area contributed by atoms with Crippen LogP contribution in [0, 0.1) is 6.92 Å². The first kappa shape index (κ1) is 21.8. The Kier molecular flexibility index (Phi) is 6.15. The second-order valence-corrected chi connectivity index (χ2v) is 9.44. The predicted octanol–water partition coefficient (Wildman–Crippen LogP) is 2.34. The minimum atomic E-state index is -3.56. The highest BCUT2D eigenvalue weighted by atomic mass is 32.2. The molecule has 9 nitrogen and oxygen atoms in total. The van der Waals surface area contributed by atoms with E-state index in [1.165, 1.54) is 0 Å². The number of hydrogen-bond acceptors (Lipinski definition) is 8. The van der Waals surface area contributed by atoms with Gasteiger partial charge in [0.1, 0.15) is 0 Å². The molecule has 1 fully saturated rings. The maximum absolute atomic E-state index is 12.5. The van der Waals surface area contributed by atoms with Crippen molar-refractivity contribution in [2.24, 2.45) is 0 Å². The van der Waals surface area contributed by atoms with Gasteiger partial charge in [-0.3, -0.25) is 9.78 Å². The Morgan fingerprint density at radius 1 is 1.06 bits per heavy atom. The molecule has 0 aliphatic carbocycles. The van der Waals surface area contributed by atoms with Crippen molar-refractivity contribution in [1.29, 1.82) is 0 Å². The third kappa shape index (κ3) is 4.76. The number of carbonyl (C=O) groups is 1. The number of pyridine rings is 1. The lowest BCUT2D eigenvalue weighted by Crippen LogP contribution is -2.37. The van der Waals surface area contributed by atoms with Crippen LogP contribution in [0.5, 0.6) is 0 Å². The Morgan fingerprint density at radius 3 is 2.47 bits per heavy atom. The number of aryl methyl sites for hydroxylation is 1. The molecule has 32 heavy (non-hydrogen) atoms. The number of aromatic nitrogens is 3. The number of hydrogen-bond donors (Lipinski definition) is 1. The number of rotatable bonds is 5. The summed E-state index contributed by atoms with van der Waals surface area (Å²) in [6, 6.07) is 10.5. The van der Waals surface area contributed by atoms with E-state index in [-0.39, 0.29) is 10.9 Å². The van der Waals surface area contributed by atoms with Crippen molar-refractivity contribution in [3.63, 3.8) is 0 Å². The van der Waals surface area contributed by atoms with Crippen LogP contribution in [0.25, 0.3) is 11.3 Å². The molecule has 1 N–H and O–H groups in total. The largest absolute Gasteiger partial charge is 0.378 e. The highest BCUT2D eigenvalue weighted by Gasteiger charge is 2.24. The van der Waals surface area contributed by atoms with Crippen molar-refractivity contribution in [3.05, 3.63) is 59.9 Å². The molecule has 3 heterocycles. The zero-order valence-electron chi connectivity index (χ0n) is 17.8. The zero-order chi connectivity index (χ0) is 22.7. The van der Waals surface area contributed by atoms with Crippen LogP contribution in [-0.2, 0) is 14.6 Å². The Hall–Kier alpha value is -3.37. The van der Waals surface area contributed by atoms with Crippen molar-refractivity contribution in [2.45, 2.75) is 11.9 Å². The number of nitrogens with one attached hydrogen (secondary N) is 1. The number of ether oxygens (including phenoxy) is 1. The molecule has 2 aromatic heterocycles. The number of nitrogens with zero attached hydrogens (tertiary/aromatic N) is 4. The van der Waals surface area contributed by atoms with Crippen LogP contribution >= 0.6 is 0 Å². The van der Waals surface area contributed by atoms with Gasteiger partial charge < -0.3 is 15.0 Å². The van der Waals surface area contributed by atoms with Gasteiger partial charge in [-0.2, -0.15) is 0 Å². The fourth-order valence-electron chi connectivity index (χ4n) is 3.48. The molecule has 0 bridgehead atoms. The molecular weight excluding hydrogens is 430 g/mol. The number of sulfone groups is 1. The molecule has 0 unspecified atom stereocenters. The van der Waals surface area contributed by atoms with Gasteiger partial charge in [-0.25, -0.2) is 8.42 Å². The van der Waals surface area contributed by atoms with E-state index < -0.39 is 9.84 Å². The van der Waals surface area contributed by atoms with Crippen LogP contribution in [0.1, 0.15) is 15.9 Å². The van der Waals surface area contributed by atoms with Gasteiger partial charge in [-0.1, -0.05) is 6.07 Å². The molecule has 10 heteroatoms. The monoisotopic (exact) mass is 453 g/mol. The minimum Gasteiger partial charge on any atom is -0.378 e. The van der Waals surface area contributed by atoms with E-state index in [9.17, 15) is 13.2 Å². The summed E-state index contributed by atoms with van der Waals surface area (Å²) in [5, 5.41) is 11.1. The van der Waals surface area contributed by atoms with E-state index in [1.807, 2.05) is 24.0 Å². The van der Waals surface area contributed by atoms with Crippen LogP contribution in [0.4, 0.5) is 11.4 Å². The van der Waals surface area contributed by atoms with Crippen LogP contribution in [0.2, 0.25) is 0 Å². The van der Waals surface area contributed by atoms with Crippen molar-refractivity contribution in [2.75, 3.05) is 42.8 Å². The molecule has 1 amide bonds. The first-order valence-corrected chi connectivity index (χ1v) is 11.9. The third-order valence-electron chi connectivity index (χ3n) is 5.16. The number of benzene rings is 1. The summed E-state index contributed by atoms with van der Waals surface area (Å²) in [5.41, 5.74) is 3.78. The minimum absolute atomic E-state index is 0.0528. The molecule has 0 atom stereocenters. The van der Waals surface area contributed by atoms with Crippen molar-refractivity contribution in [3.8, 4) is 11.3 Å². The quantitative estimate of drug-likeness (QED) is 0.626. The molecule has 1 aromatic carbocycles. The molecular formula is C22H23N5O4S. The fourth-order valence-corrected chi connectivity index (χ4v) is 4.24. The second kappa shape index (κ2) is 9.01. The molecule has 166 valence electrons. The van der Waals surface area contributed by atoms with Crippen LogP contribution in [-0.4, -0.2) is 62.1 Å². The van der Waals surface area contributed by atoms with Gasteiger partial charge in [-0.05, 0) is 42.8 Å². The van der Waals surface area contributed by atoms with Gasteiger partial charge in [0.2, 0.25) is 5.03 Å². The zero-order valence-corrected chi connectivity index (χ0v) is 18.6. The van der Waals surface area contributed by atoms with Crippen LogP contribution < -0.4 is 10.2 Å². The summed E-state index contributed by atoms with van der Waals surface area (Å²) in [4.78, 5) is 18.4. The van der Waals surface area contributed by atoms with Crippen molar-refractivity contribution < 1.29 is 17.9 Å². The average Bonchev–Trinajstić information content (AvgIpc) is 2.80. The number of carbonyl (C=O) groups excluding carboxylic acids is 1. The molecule has 3 aromatic rings. The lowest BCUT2D eigenvalue weighted by atomic mass is 10.0. The Labute approximate surface area is 186 Å². The van der Waals surface area contributed by atoms with Gasteiger partial charge in [0.05, 0.1) is 24.6 Å². The molecule has 0 radical (unpaired) electrons. The Balaban J connectivity index is 1.71. The second-order valence-electron chi connectivity index (χ2n) is 7.51. The van der Waals surface area contributed by atoms with Gasteiger partial charge >= 0.3 is 0 Å². The SMILES string of the molecule is Cc1ccc(NC(=O)c2ccncc2)cc1-c1cc(N2CCOCC2)c(S(C)(=O)=O)nn1. The molecule has 1 aliphatic rings. The predicted molar refractivity (Wildman–Crippen MR) is 121 cm³/mol. The first-order chi connectivity index (χ1) is 15.3. The van der Waals surface area contributed by atoms with Crippen molar-refractivity contribution in [1.82, 2.24) is 15.2 Å². The summed E-state index contributed by atoms with van der Waals surface area (Å²) in [7, 11) is -3.56. The van der Waals surface area contributed by atoms with Crippen LogP contribution in [0.15, 0.2) is 53.8 Å². The summed E-state index contributed by atoms with van der Waals surface area (Å²) in [5.74, 6) is -0.255. The van der Waals surface area contributed by atoms with Gasteiger partial charge in [0, 0.05) is 48.6 Å². The maximum Gasteiger partial charge on any atom is 0.255 e. The highest BCUT2D eigenvalue weighted by Crippen LogP contribution is 2.31. The fraction of sp³-hybridized carbons (Fsp3) is 0.273. The molecule has 1 saturated heterocycles.